The number of rotatable bonds is 5. The molecule has 1 saturated heterocycles. The van der Waals surface area contributed by atoms with Crippen LogP contribution < -0.4 is 0 Å². The van der Waals surface area contributed by atoms with Gasteiger partial charge in [0, 0.05) is 6.08 Å². The maximum absolute atomic E-state index is 11.7. The summed E-state index contributed by atoms with van der Waals surface area (Å²) in [5.41, 5.74) is 0. The van der Waals surface area contributed by atoms with Crippen molar-refractivity contribution in [2.24, 2.45) is 11.8 Å². The van der Waals surface area contributed by atoms with E-state index < -0.39 is 29.7 Å². The minimum absolute atomic E-state index is 0.0137. The Morgan fingerprint density at radius 1 is 1.38 bits per heavy atom. The zero-order valence-electron chi connectivity index (χ0n) is 11.4. The molecule has 7 nitrogen and oxygen atoms in total. The van der Waals surface area contributed by atoms with Crippen LogP contribution in [-0.4, -0.2) is 47.4 Å². The van der Waals surface area contributed by atoms with Crippen molar-refractivity contribution in [1.82, 2.24) is 0 Å². The molecule has 3 atom stereocenters. The molecule has 1 aliphatic heterocycles. The fraction of sp³-hybridized carbons (Fsp3) is 0.500. The molecule has 0 amide bonds. The van der Waals surface area contributed by atoms with Gasteiger partial charge in [0.25, 0.3) is 0 Å². The molecule has 2 N–H and O–H groups in total. The van der Waals surface area contributed by atoms with Gasteiger partial charge in [-0.25, -0.2) is 4.79 Å². The van der Waals surface area contributed by atoms with Crippen LogP contribution >= 0.6 is 0 Å². The van der Waals surface area contributed by atoms with Crippen molar-refractivity contribution in [3.8, 4) is 0 Å². The molecule has 116 valence electrons. The summed E-state index contributed by atoms with van der Waals surface area (Å²) in [7, 11) is 0. The second kappa shape index (κ2) is 8.21. The quantitative estimate of drug-likeness (QED) is 0.335. The maximum Gasteiger partial charge on any atom is 0.327 e. The molecule has 2 aliphatic rings. The molecule has 0 aromatic carbocycles. The van der Waals surface area contributed by atoms with E-state index in [2.05, 4.69) is 6.58 Å². The van der Waals surface area contributed by atoms with Gasteiger partial charge in [-0.3, -0.25) is 9.59 Å². The lowest BCUT2D eigenvalue weighted by Crippen LogP contribution is -2.32. The van der Waals surface area contributed by atoms with Crippen LogP contribution in [0, 0.1) is 11.8 Å². The van der Waals surface area contributed by atoms with Gasteiger partial charge in [0.05, 0.1) is 18.4 Å². The minimum Gasteiger partial charge on any atom is -0.481 e. The van der Waals surface area contributed by atoms with Crippen molar-refractivity contribution < 1.29 is 34.1 Å². The first-order valence-corrected chi connectivity index (χ1v) is 6.48. The third kappa shape index (κ3) is 6.22. The van der Waals surface area contributed by atoms with Gasteiger partial charge in [0.15, 0.2) is 0 Å². The van der Waals surface area contributed by atoms with E-state index in [0.29, 0.717) is 19.4 Å². The summed E-state index contributed by atoms with van der Waals surface area (Å²) in [6, 6.07) is 0. The first-order valence-electron chi connectivity index (χ1n) is 6.48. The van der Waals surface area contributed by atoms with E-state index in [1.807, 2.05) is 6.08 Å². The number of hydrogen-bond acceptors (Lipinski definition) is 5. The number of carbonyl (C=O) groups is 3. The average Bonchev–Trinajstić information content (AvgIpc) is 3.29. The molecule has 7 heteroatoms. The van der Waals surface area contributed by atoms with Crippen LogP contribution in [0.15, 0.2) is 24.8 Å². The van der Waals surface area contributed by atoms with E-state index in [1.54, 1.807) is 6.08 Å². The fourth-order valence-corrected chi connectivity index (χ4v) is 1.79. The largest absolute Gasteiger partial charge is 0.481 e. The number of allylic oxidation sites excluding steroid dienone is 1. The number of carbonyl (C=O) groups excluding carboxylic acids is 1. The Bertz CT molecular complexity index is 437. The number of carboxylic acids is 2. The molecular weight excluding hydrogens is 280 g/mol. The Kier molecular flexibility index (Phi) is 6.61. The second-order valence-electron chi connectivity index (χ2n) is 4.60. The second-order valence-corrected chi connectivity index (χ2v) is 4.60. The van der Waals surface area contributed by atoms with E-state index in [1.165, 1.54) is 0 Å². The van der Waals surface area contributed by atoms with E-state index in [0.717, 1.165) is 6.08 Å². The molecule has 0 aromatic heterocycles. The highest BCUT2D eigenvalue weighted by Gasteiger charge is 2.35. The van der Waals surface area contributed by atoms with Crippen molar-refractivity contribution in [2.75, 3.05) is 13.2 Å². The summed E-state index contributed by atoms with van der Waals surface area (Å²) in [6.45, 7) is 3.81. The van der Waals surface area contributed by atoms with Gasteiger partial charge in [0.1, 0.15) is 12.7 Å². The summed E-state index contributed by atoms with van der Waals surface area (Å²) in [5.74, 6) is -3.68. The van der Waals surface area contributed by atoms with Gasteiger partial charge in [0.2, 0.25) is 0 Å². The summed E-state index contributed by atoms with van der Waals surface area (Å²) >= 11 is 0. The zero-order valence-corrected chi connectivity index (χ0v) is 11.4. The van der Waals surface area contributed by atoms with Crippen LogP contribution in [0.25, 0.3) is 0 Å². The smallest absolute Gasteiger partial charge is 0.327 e. The van der Waals surface area contributed by atoms with Gasteiger partial charge in [-0.15, -0.1) is 0 Å². The highest BCUT2D eigenvalue weighted by atomic mass is 16.6. The topological polar surface area (TPSA) is 113 Å². The van der Waals surface area contributed by atoms with Gasteiger partial charge < -0.3 is 19.7 Å². The molecule has 2 rings (SSSR count). The van der Waals surface area contributed by atoms with E-state index in [-0.39, 0.29) is 12.7 Å². The van der Waals surface area contributed by atoms with Gasteiger partial charge >= 0.3 is 17.9 Å². The molecule has 1 aliphatic carbocycles. The highest BCUT2D eigenvalue weighted by molar-refractivity contribution is 5.83. The molecule has 3 unspecified atom stereocenters. The lowest BCUT2D eigenvalue weighted by molar-refractivity contribution is -0.156. The third-order valence-corrected chi connectivity index (χ3v) is 3.00. The monoisotopic (exact) mass is 298 g/mol. The Morgan fingerprint density at radius 3 is 2.48 bits per heavy atom. The minimum atomic E-state index is -0.981. The number of epoxide rings is 1. The fourth-order valence-electron chi connectivity index (χ4n) is 1.79. The number of hydrogen-bond donors (Lipinski definition) is 2. The van der Waals surface area contributed by atoms with E-state index in [9.17, 15) is 14.4 Å². The zero-order chi connectivity index (χ0) is 15.8. The number of carboxylic acid groups (broad SMARTS) is 2. The summed E-state index contributed by atoms with van der Waals surface area (Å²) in [5, 5.41) is 16.6. The lowest BCUT2D eigenvalue weighted by Gasteiger charge is -2.22. The van der Waals surface area contributed by atoms with Crippen molar-refractivity contribution >= 4 is 17.9 Å². The lowest BCUT2D eigenvalue weighted by atomic mass is 9.84. The molecule has 21 heavy (non-hydrogen) atoms. The summed E-state index contributed by atoms with van der Waals surface area (Å²) < 4.78 is 9.92. The van der Waals surface area contributed by atoms with E-state index in [4.69, 9.17) is 19.7 Å². The normalized spacial score (nSPS) is 26.0. The van der Waals surface area contributed by atoms with Crippen LogP contribution in [0.3, 0.4) is 0 Å². The Labute approximate surface area is 121 Å². The van der Waals surface area contributed by atoms with Gasteiger partial charge in [-0.2, -0.15) is 0 Å². The molecule has 0 spiro atoms. The van der Waals surface area contributed by atoms with Crippen LogP contribution in [0.5, 0.6) is 0 Å². The molecule has 0 bridgehead atoms. The molecule has 1 heterocycles. The first kappa shape index (κ1) is 16.9. The van der Waals surface area contributed by atoms with Crippen molar-refractivity contribution in [3.63, 3.8) is 0 Å². The Hall–Kier alpha value is -2.15. The van der Waals surface area contributed by atoms with Gasteiger partial charge in [-0.05, 0) is 12.8 Å². The molecule has 1 fully saturated rings. The van der Waals surface area contributed by atoms with Crippen molar-refractivity contribution in [1.29, 1.82) is 0 Å². The summed E-state index contributed by atoms with van der Waals surface area (Å²) in [4.78, 5) is 31.9. The average molecular weight is 298 g/mol. The van der Waals surface area contributed by atoms with E-state index >= 15 is 0 Å². The summed E-state index contributed by atoms with van der Waals surface area (Å²) in [6.07, 6.45) is 5.51. The number of esters is 1. The third-order valence-electron chi connectivity index (χ3n) is 3.00. The van der Waals surface area contributed by atoms with Crippen molar-refractivity contribution in [2.45, 2.75) is 18.9 Å². The van der Waals surface area contributed by atoms with Gasteiger partial charge in [-0.1, -0.05) is 18.7 Å². The highest BCUT2D eigenvalue weighted by Crippen LogP contribution is 2.26. The predicted molar refractivity (Wildman–Crippen MR) is 71.5 cm³/mol. The first-order chi connectivity index (χ1) is 9.95. The molecular formula is C14H18O7. The van der Waals surface area contributed by atoms with Crippen LogP contribution in [-0.2, 0) is 23.9 Å². The molecule has 0 saturated carbocycles. The van der Waals surface area contributed by atoms with Crippen molar-refractivity contribution in [3.05, 3.63) is 24.8 Å². The maximum atomic E-state index is 11.7. The SMILES string of the molecule is C=CC(=O)O.O=C(OCC1CO1)C1C=CCCC1C(=O)O. The Morgan fingerprint density at radius 2 is 2.00 bits per heavy atom. The number of ether oxygens (including phenoxy) is 2. The standard InChI is InChI=1S/C11H14O5.C3H4O2/c12-10(13)8-3-1-2-4-9(8)11(14)16-6-7-5-15-7;1-2-3(4)5/h2,4,7-9H,1,3,5-6H2,(H,12,13);2H,1H2,(H,4,5). The van der Waals surface area contributed by atoms with Crippen LogP contribution in [0.1, 0.15) is 12.8 Å². The van der Waals surface area contributed by atoms with Crippen LogP contribution in [0.2, 0.25) is 0 Å². The molecule has 0 aromatic rings. The molecule has 0 radical (unpaired) electrons. The predicted octanol–water partition coefficient (Wildman–Crippen LogP) is 0.852. The van der Waals surface area contributed by atoms with Crippen LogP contribution in [0.4, 0.5) is 0 Å². The Balaban J connectivity index is 0.000000383. The number of aliphatic carboxylic acids is 2.